The molecular formula is C17H11F3N4O3. The van der Waals surface area contributed by atoms with E-state index in [-0.39, 0.29) is 11.4 Å². The van der Waals surface area contributed by atoms with Gasteiger partial charge in [0, 0.05) is 11.5 Å². The van der Waals surface area contributed by atoms with Crippen LogP contribution in [0.2, 0.25) is 0 Å². The van der Waals surface area contributed by atoms with Crippen LogP contribution in [0.1, 0.15) is 16.1 Å². The summed E-state index contributed by atoms with van der Waals surface area (Å²) in [5.74, 6) is -0.699. The molecule has 3 rings (SSSR count). The average molecular weight is 376 g/mol. The molecule has 0 aliphatic heterocycles. The Balaban J connectivity index is 1.80. The van der Waals surface area contributed by atoms with Crippen molar-refractivity contribution in [3.05, 3.63) is 76.0 Å². The number of hydrogen-bond acceptors (Lipinski definition) is 5. The molecule has 0 aliphatic carbocycles. The first kappa shape index (κ1) is 18.1. The lowest BCUT2D eigenvalue weighted by molar-refractivity contribution is -0.384. The zero-order valence-electron chi connectivity index (χ0n) is 13.4. The highest BCUT2D eigenvalue weighted by atomic mass is 19.4. The highest BCUT2D eigenvalue weighted by Gasteiger charge is 2.33. The van der Waals surface area contributed by atoms with Gasteiger partial charge in [-0.3, -0.25) is 25.8 Å². The van der Waals surface area contributed by atoms with Gasteiger partial charge in [0.05, 0.1) is 16.0 Å². The molecule has 3 aromatic rings. The molecule has 0 atom stereocenters. The highest BCUT2D eigenvalue weighted by Crippen LogP contribution is 2.34. The molecule has 0 saturated heterocycles. The molecule has 138 valence electrons. The minimum absolute atomic E-state index is 0.0377. The van der Waals surface area contributed by atoms with E-state index < -0.39 is 28.3 Å². The fraction of sp³-hybridized carbons (Fsp3) is 0.0588. The standard InChI is InChI=1S/C17H11F3N4O3/c18-17(19,20)11-6-8-13(15(9-11)24(26)27)22-23-16(25)14-7-5-10-3-1-2-4-12(10)21-14/h1-9,22H,(H,23,25). The first-order chi connectivity index (χ1) is 12.8. The number of carbonyl (C=O) groups excluding carboxylic acids is 1. The maximum absolute atomic E-state index is 12.7. The second-order valence-corrected chi connectivity index (χ2v) is 5.46. The first-order valence-electron chi connectivity index (χ1n) is 7.53. The van der Waals surface area contributed by atoms with Gasteiger partial charge in [-0.1, -0.05) is 24.3 Å². The molecule has 0 radical (unpaired) electrons. The second kappa shape index (κ2) is 6.90. The Morgan fingerprint density at radius 3 is 2.52 bits per heavy atom. The van der Waals surface area contributed by atoms with Crippen molar-refractivity contribution in [1.82, 2.24) is 10.4 Å². The highest BCUT2D eigenvalue weighted by molar-refractivity contribution is 5.95. The van der Waals surface area contributed by atoms with Crippen molar-refractivity contribution in [1.29, 1.82) is 0 Å². The van der Waals surface area contributed by atoms with E-state index in [1.165, 1.54) is 6.07 Å². The number of aromatic nitrogens is 1. The third-order valence-corrected chi connectivity index (χ3v) is 3.66. The van der Waals surface area contributed by atoms with Crippen molar-refractivity contribution in [2.24, 2.45) is 0 Å². The third-order valence-electron chi connectivity index (χ3n) is 3.66. The predicted molar refractivity (Wildman–Crippen MR) is 90.9 cm³/mol. The number of alkyl halides is 3. The zero-order valence-corrected chi connectivity index (χ0v) is 13.4. The van der Waals surface area contributed by atoms with E-state index in [4.69, 9.17) is 0 Å². The van der Waals surface area contributed by atoms with Crippen molar-refractivity contribution in [3.63, 3.8) is 0 Å². The quantitative estimate of drug-likeness (QED) is 0.531. The van der Waals surface area contributed by atoms with Crippen molar-refractivity contribution in [3.8, 4) is 0 Å². The summed E-state index contributed by atoms with van der Waals surface area (Å²) in [6.45, 7) is 0. The van der Waals surface area contributed by atoms with Gasteiger partial charge in [0.25, 0.3) is 11.6 Å². The number of nitro benzene ring substituents is 1. The molecule has 1 amide bonds. The van der Waals surface area contributed by atoms with Gasteiger partial charge in [-0.2, -0.15) is 13.2 Å². The molecule has 2 N–H and O–H groups in total. The lowest BCUT2D eigenvalue weighted by Gasteiger charge is -2.11. The van der Waals surface area contributed by atoms with E-state index in [0.717, 1.165) is 11.5 Å². The number of nitrogens with one attached hydrogen (secondary N) is 2. The number of pyridine rings is 1. The summed E-state index contributed by atoms with van der Waals surface area (Å²) in [7, 11) is 0. The minimum Gasteiger partial charge on any atom is -0.292 e. The minimum atomic E-state index is -4.72. The van der Waals surface area contributed by atoms with Crippen LogP contribution in [0.3, 0.4) is 0 Å². The molecule has 7 nitrogen and oxygen atoms in total. The van der Waals surface area contributed by atoms with Gasteiger partial charge in [0.15, 0.2) is 0 Å². The van der Waals surface area contributed by atoms with Crippen LogP contribution in [0, 0.1) is 10.1 Å². The van der Waals surface area contributed by atoms with Crippen molar-refractivity contribution in [2.75, 3.05) is 5.43 Å². The molecule has 1 heterocycles. The van der Waals surface area contributed by atoms with Gasteiger partial charge >= 0.3 is 6.18 Å². The summed E-state index contributed by atoms with van der Waals surface area (Å²) in [5, 5.41) is 11.9. The number of nitro groups is 1. The summed E-state index contributed by atoms with van der Waals surface area (Å²) in [5.41, 5.74) is 2.80. The van der Waals surface area contributed by atoms with Crippen LogP contribution in [0.25, 0.3) is 10.9 Å². The summed E-state index contributed by atoms with van der Waals surface area (Å²) < 4.78 is 38.1. The van der Waals surface area contributed by atoms with E-state index in [9.17, 15) is 28.1 Å². The number of hydrogen-bond donors (Lipinski definition) is 2. The monoisotopic (exact) mass is 376 g/mol. The Kier molecular flexibility index (Phi) is 4.63. The van der Waals surface area contributed by atoms with Crippen LogP contribution in [-0.2, 0) is 6.18 Å². The van der Waals surface area contributed by atoms with Gasteiger partial charge in [0.1, 0.15) is 11.4 Å². The largest absolute Gasteiger partial charge is 0.416 e. The zero-order chi connectivity index (χ0) is 19.6. The van der Waals surface area contributed by atoms with E-state index >= 15 is 0 Å². The van der Waals surface area contributed by atoms with Crippen LogP contribution in [0.4, 0.5) is 24.5 Å². The van der Waals surface area contributed by atoms with Crippen LogP contribution >= 0.6 is 0 Å². The number of anilines is 1. The van der Waals surface area contributed by atoms with Crippen molar-refractivity contribution >= 4 is 28.2 Å². The van der Waals surface area contributed by atoms with Crippen molar-refractivity contribution < 1.29 is 22.9 Å². The number of rotatable bonds is 4. The first-order valence-corrected chi connectivity index (χ1v) is 7.53. The number of nitrogens with zero attached hydrogens (tertiary/aromatic N) is 2. The van der Waals surface area contributed by atoms with E-state index in [1.54, 1.807) is 18.2 Å². The van der Waals surface area contributed by atoms with Crippen molar-refractivity contribution in [2.45, 2.75) is 6.18 Å². The Hall–Kier alpha value is -3.69. The molecule has 0 unspecified atom stereocenters. The molecule has 10 heteroatoms. The topological polar surface area (TPSA) is 97.2 Å². The Bertz CT molecular complexity index is 1040. The number of amides is 1. The molecule has 0 fully saturated rings. The number of hydrazine groups is 1. The Morgan fingerprint density at radius 2 is 1.81 bits per heavy atom. The normalized spacial score (nSPS) is 11.2. The van der Waals surface area contributed by atoms with Gasteiger partial charge in [-0.05, 0) is 24.3 Å². The van der Waals surface area contributed by atoms with E-state index in [2.05, 4.69) is 15.8 Å². The van der Waals surface area contributed by atoms with Gasteiger partial charge in [-0.15, -0.1) is 0 Å². The van der Waals surface area contributed by atoms with Crippen LogP contribution in [0.5, 0.6) is 0 Å². The number of fused-ring (bicyclic) bond motifs is 1. The molecule has 1 aromatic heterocycles. The summed E-state index contributed by atoms with van der Waals surface area (Å²) >= 11 is 0. The Labute approximate surface area is 150 Å². The van der Waals surface area contributed by atoms with Crippen LogP contribution in [0.15, 0.2) is 54.6 Å². The predicted octanol–water partition coefficient (Wildman–Crippen LogP) is 3.92. The SMILES string of the molecule is O=C(NNc1ccc(C(F)(F)F)cc1[N+](=O)[O-])c1ccc2ccccc2n1. The third kappa shape index (κ3) is 3.94. The van der Waals surface area contributed by atoms with Crippen LogP contribution in [-0.4, -0.2) is 15.8 Å². The summed E-state index contributed by atoms with van der Waals surface area (Å²) in [4.78, 5) is 26.4. The second-order valence-electron chi connectivity index (χ2n) is 5.46. The number of para-hydroxylation sites is 1. The molecule has 2 aromatic carbocycles. The molecular weight excluding hydrogens is 365 g/mol. The number of halogens is 3. The molecule has 0 spiro atoms. The number of carbonyl (C=O) groups is 1. The van der Waals surface area contributed by atoms with E-state index in [1.807, 2.05) is 12.1 Å². The molecule has 27 heavy (non-hydrogen) atoms. The van der Waals surface area contributed by atoms with Gasteiger partial charge in [0.2, 0.25) is 0 Å². The fourth-order valence-corrected chi connectivity index (χ4v) is 2.35. The smallest absolute Gasteiger partial charge is 0.292 e. The summed E-state index contributed by atoms with van der Waals surface area (Å²) in [6, 6.07) is 12.2. The fourth-order valence-electron chi connectivity index (χ4n) is 2.35. The lowest BCUT2D eigenvalue weighted by atomic mass is 10.1. The van der Waals surface area contributed by atoms with Gasteiger partial charge in [-0.25, -0.2) is 4.98 Å². The molecule has 0 aliphatic rings. The maximum Gasteiger partial charge on any atom is 0.416 e. The lowest BCUT2D eigenvalue weighted by Crippen LogP contribution is -2.30. The maximum atomic E-state index is 12.7. The molecule has 0 saturated carbocycles. The average Bonchev–Trinajstić information content (AvgIpc) is 2.64. The summed E-state index contributed by atoms with van der Waals surface area (Å²) in [6.07, 6.45) is -4.72. The molecule has 0 bridgehead atoms. The van der Waals surface area contributed by atoms with Crippen LogP contribution < -0.4 is 10.9 Å². The van der Waals surface area contributed by atoms with Gasteiger partial charge < -0.3 is 0 Å². The van der Waals surface area contributed by atoms with E-state index in [0.29, 0.717) is 17.6 Å². The number of benzene rings is 2. The Morgan fingerprint density at radius 1 is 1.07 bits per heavy atom.